The van der Waals surface area contributed by atoms with E-state index >= 15 is 0 Å². The number of hydrogen-bond acceptors (Lipinski definition) is 3. The van der Waals surface area contributed by atoms with Gasteiger partial charge in [0, 0.05) is 6.54 Å². The SMILES string of the molecule is NS(=O)(=O)NCC(O)c1cccc(C(F)(F)F)c1. The summed E-state index contributed by atoms with van der Waals surface area (Å²) in [5.41, 5.74) is -0.976. The van der Waals surface area contributed by atoms with E-state index < -0.39 is 34.6 Å². The highest BCUT2D eigenvalue weighted by molar-refractivity contribution is 7.87. The third-order valence-electron chi connectivity index (χ3n) is 2.08. The van der Waals surface area contributed by atoms with Gasteiger partial charge < -0.3 is 5.11 Å². The molecule has 1 rings (SSSR count). The molecule has 0 saturated heterocycles. The Hall–Kier alpha value is -1.16. The second-order valence-electron chi connectivity index (χ2n) is 3.53. The zero-order chi connectivity index (χ0) is 14.0. The first kappa shape index (κ1) is 14.9. The van der Waals surface area contributed by atoms with Crippen LogP contribution in [0.3, 0.4) is 0 Å². The molecule has 4 N–H and O–H groups in total. The van der Waals surface area contributed by atoms with Gasteiger partial charge in [0.1, 0.15) is 0 Å². The van der Waals surface area contributed by atoms with E-state index in [1.54, 1.807) is 4.72 Å². The van der Waals surface area contributed by atoms with E-state index in [0.717, 1.165) is 18.2 Å². The Morgan fingerprint density at radius 3 is 2.50 bits per heavy atom. The van der Waals surface area contributed by atoms with Crippen molar-refractivity contribution < 1.29 is 26.7 Å². The van der Waals surface area contributed by atoms with Gasteiger partial charge in [-0.25, -0.2) is 5.14 Å². The highest BCUT2D eigenvalue weighted by atomic mass is 32.2. The van der Waals surface area contributed by atoms with Crippen LogP contribution in [-0.2, 0) is 16.4 Å². The third-order valence-corrected chi connectivity index (χ3v) is 2.65. The van der Waals surface area contributed by atoms with Crippen molar-refractivity contribution in [3.63, 3.8) is 0 Å². The molecule has 0 aliphatic rings. The molecule has 1 aromatic rings. The largest absolute Gasteiger partial charge is 0.416 e. The van der Waals surface area contributed by atoms with Crippen LogP contribution in [0.2, 0.25) is 0 Å². The maximum Gasteiger partial charge on any atom is 0.416 e. The normalized spacial score (nSPS) is 14.5. The minimum Gasteiger partial charge on any atom is -0.387 e. The second-order valence-corrected chi connectivity index (χ2v) is 4.91. The van der Waals surface area contributed by atoms with Gasteiger partial charge in [-0.2, -0.15) is 26.3 Å². The summed E-state index contributed by atoms with van der Waals surface area (Å²) in [5, 5.41) is 14.2. The van der Waals surface area contributed by atoms with Crippen LogP contribution < -0.4 is 9.86 Å². The van der Waals surface area contributed by atoms with E-state index in [2.05, 4.69) is 5.14 Å². The highest BCUT2D eigenvalue weighted by Gasteiger charge is 2.30. The Morgan fingerprint density at radius 1 is 1.39 bits per heavy atom. The number of benzene rings is 1. The highest BCUT2D eigenvalue weighted by Crippen LogP contribution is 2.30. The van der Waals surface area contributed by atoms with E-state index in [-0.39, 0.29) is 5.56 Å². The summed E-state index contributed by atoms with van der Waals surface area (Å²) < 4.78 is 60.1. The summed E-state index contributed by atoms with van der Waals surface area (Å²) in [6.07, 6.45) is -5.94. The van der Waals surface area contributed by atoms with Crippen molar-refractivity contribution >= 4 is 10.2 Å². The molecule has 0 bridgehead atoms. The lowest BCUT2D eigenvalue weighted by Gasteiger charge is -2.13. The summed E-state index contributed by atoms with van der Waals surface area (Å²) in [5.74, 6) is 0. The summed E-state index contributed by atoms with van der Waals surface area (Å²) in [7, 11) is -4.00. The number of halogens is 3. The van der Waals surface area contributed by atoms with Gasteiger partial charge in [0.25, 0.3) is 10.2 Å². The van der Waals surface area contributed by atoms with Crippen molar-refractivity contribution in [2.45, 2.75) is 12.3 Å². The topological polar surface area (TPSA) is 92.4 Å². The van der Waals surface area contributed by atoms with E-state index in [4.69, 9.17) is 0 Å². The third kappa shape index (κ3) is 4.61. The molecule has 102 valence electrons. The molecule has 5 nitrogen and oxygen atoms in total. The van der Waals surface area contributed by atoms with Crippen molar-refractivity contribution in [2.75, 3.05) is 6.54 Å². The summed E-state index contributed by atoms with van der Waals surface area (Å²) in [6.45, 7) is -0.500. The summed E-state index contributed by atoms with van der Waals surface area (Å²) in [4.78, 5) is 0. The summed E-state index contributed by atoms with van der Waals surface area (Å²) >= 11 is 0. The number of nitrogens with one attached hydrogen (secondary N) is 1. The summed E-state index contributed by atoms with van der Waals surface area (Å²) in [6, 6.07) is 3.97. The molecule has 0 aliphatic carbocycles. The molecule has 0 aromatic heterocycles. The molecular formula is C9H11F3N2O3S. The molecule has 0 amide bonds. The number of rotatable bonds is 4. The quantitative estimate of drug-likeness (QED) is 0.753. The van der Waals surface area contributed by atoms with Crippen molar-refractivity contribution in [1.82, 2.24) is 4.72 Å². The molecule has 0 radical (unpaired) electrons. The van der Waals surface area contributed by atoms with Crippen LogP contribution in [0.25, 0.3) is 0 Å². The van der Waals surface area contributed by atoms with Gasteiger partial charge >= 0.3 is 6.18 Å². The smallest absolute Gasteiger partial charge is 0.387 e. The number of nitrogens with two attached hydrogens (primary N) is 1. The van der Waals surface area contributed by atoms with E-state index in [9.17, 15) is 26.7 Å². The number of alkyl halides is 3. The Labute approximate surface area is 102 Å². The van der Waals surface area contributed by atoms with Gasteiger partial charge in [-0.3, -0.25) is 0 Å². The van der Waals surface area contributed by atoms with Crippen LogP contribution in [0.1, 0.15) is 17.2 Å². The fourth-order valence-corrected chi connectivity index (χ4v) is 1.63. The van der Waals surface area contributed by atoms with E-state index in [0.29, 0.717) is 0 Å². The molecule has 1 unspecified atom stereocenters. The van der Waals surface area contributed by atoms with Gasteiger partial charge in [0.05, 0.1) is 11.7 Å². The van der Waals surface area contributed by atoms with Gasteiger partial charge in [0.2, 0.25) is 0 Å². The molecule has 0 heterocycles. The molecule has 1 atom stereocenters. The first-order valence-electron chi connectivity index (χ1n) is 4.72. The molecule has 0 fully saturated rings. The standard InChI is InChI=1S/C9H11F3N2O3S/c10-9(11,12)7-3-1-2-6(4-7)8(15)5-14-18(13,16)17/h1-4,8,14-15H,5H2,(H2,13,16,17). The number of aliphatic hydroxyl groups excluding tert-OH is 1. The molecule has 1 aromatic carbocycles. The Balaban J connectivity index is 2.84. The number of aliphatic hydroxyl groups is 1. The lowest BCUT2D eigenvalue weighted by Crippen LogP contribution is -2.34. The van der Waals surface area contributed by atoms with Crippen molar-refractivity contribution in [2.24, 2.45) is 5.14 Å². The predicted octanol–water partition coefficient (Wildman–Crippen LogP) is 0.532. The molecular weight excluding hydrogens is 273 g/mol. The van der Waals surface area contributed by atoms with Crippen molar-refractivity contribution in [3.8, 4) is 0 Å². The zero-order valence-corrected chi connectivity index (χ0v) is 9.79. The Bertz CT molecular complexity index is 516. The Morgan fingerprint density at radius 2 is 2.00 bits per heavy atom. The molecule has 0 saturated carbocycles. The maximum absolute atomic E-state index is 12.4. The van der Waals surface area contributed by atoms with E-state index in [1.165, 1.54) is 6.07 Å². The monoisotopic (exact) mass is 284 g/mol. The van der Waals surface area contributed by atoms with Crippen LogP contribution in [0.15, 0.2) is 24.3 Å². The second kappa shape index (κ2) is 5.22. The van der Waals surface area contributed by atoms with Crippen LogP contribution in [0, 0.1) is 0 Å². The van der Waals surface area contributed by atoms with Crippen LogP contribution >= 0.6 is 0 Å². The van der Waals surface area contributed by atoms with Crippen molar-refractivity contribution in [3.05, 3.63) is 35.4 Å². The minimum atomic E-state index is -4.52. The average molecular weight is 284 g/mol. The van der Waals surface area contributed by atoms with Gasteiger partial charge in [-0.15, -0.1) is 0 Å². The molecule has 18 heavy (non-hydrogen) atoms. The lowest BCUT2D eigenvalue weighted by molar-refractivity contribution is -0.137. The Kier molecular flexibility index (Phi) is 4.32. The van der Waals surface area contributed by atoms with Crippen LogP contribution in [-0.4, -0.2) is 20.1 Å². The molecule has 0 spiro atoms. The van der Waals surface area contributed by atoms with E-state index in [1.807, 2.05) is 0 Å². The average Bonchev–Trinajstić information content (AvgIpc) is 2.24. The maximum atomic E-state index is 12.4. The van der Waals surface area contributed by atoms with Crippen molar-refractivity contribution in [1.29, 1.82) is 0 Å². The molecule has 9 heteroatoms. The fraction of sp³-hybridized carbons (Fsp3) is 0.333. The van der Waals surface area contributed by atoms with Gasteiger partial charge in [-0.05, 0) is 17.7 Å². The van der Waals surface area contributed by atoms with Crippen LogP contribution in [0.4, 0.5) is 13.2 Å². The van der Waals surface area contributed by atoms with Gasteiger partial charge in [-0.1, -0.05) is 12.1 Å². The fourth-order valence-electron chi connectivity index (χ4n) is 1.24. The first-order valence-corrected chi connectivity index (χ1v) is 6.27. The minimum absolute atomic E-state index is 0.0547. The van der Waals surface area contributed by atoms with Gasteiger partial charge in [0.15, 0.2) is 0 Å². The predicted molar refractivity (Wildman–Crippen MR) is 57.5 cm³/mol. The molecule has 0 aliphatic heterocycles. The lowest BCUT2D eigenvalue weighted by atomic mass is 10.1. The zero-order valence-electron chi connectivity index (χ0n) is 8.98. The first-order chi connectivity index (χ1) is 8.09. The number of hydrogen-bond donors (Lipinski definition) is 3. The van der Waals surface area contributed by atoms with Crippen LogP contribution in [0.5, 0.6) is 0 Å².